The molecule has 0 spiro atoms. The molecule has 0 aliphatic rings. The topological polar surface area (TPSA) is 84.1 Å². The highest BCUT2D eigenvalue weighted by Gasteiger charge is 2.22. The first-order chi connectivity index (χ1) is 7.82. The van der Waals surface area contributed by atoms with E-state index in [1.807, 2.05) is 13.8 Å². The van der Waals surface area contributed by atoms with Crippen molar-refractivity contribution in [3.63, 3.8) is 0 Å². The van der Waals surface area contributed by atoms with E-state index in [0.29, 0.717) is 24.1 Å². The van der Waals surface area contributed by atoms with Crippen molar-refractivity contribution in [2.24, 2.45) is 5.92 Å². The Bertz CT molecular complexity index is 377. The number of anilines is 2. The second-order valence-corrected chi connectivity index (χ2v) is 5.18. The van der Waals surface area contributed by atoms with Gasteiger partial charge in [0, 0.05) is 12.1 Å². The van der Waals surface area contributed by atoms with Crippen molar-refractivity contribution in [1.82, 2.24) is 9.97 Å². The molecule has 1 aromatic heterocycles. The van der Waals surface area contributed by atoms with Gasteiger partial charge in [0.15, 0.2) is 0 Å². The van der Waals surface area contributed by atoms with E-state index in [9.17, 15) is 5.11 Å². The van der Waals surface area contributed by atoms with Crippen molar-refractivity contribution in [3.8, 4) is 0 Å². The maximum Gasteiger partial charge on any atom is 0.134 e. The van der Waals surface area contributed by atoms with Gasteiger partial charge >= 0.3 is 0 Å². The van der Waals surface area contributed by atoms with Crippen LogP contribution in [-0.2, 0) is 0 Å². The third kappa shape index (κ3) is 4.19. The van der Waals surface area contributed by atoms with E-state index >= 15 is 0 Å². The van der Waals surface area contributed by atoms with Gasteiger partial charge in [-0.3, -0.25) is 0 Å². The fourth-order valence-corrected chi connectivity index (χ4v) is 1.87. The van der Waals surface area contributed by atoms with Crippen LogP contribution < -0.4 is 11.1 Å². The number of aliphatic hydroxyl groups is 1. The summed E-state index contributed by atoms with van der Waals surface area (Å²) >= 11 is 0. The average Bonchev–Trinajstić information content (AvgIpc) is 2.18. The highest BCUT2D eigenvalue weighted by atomic mass is 16.3. The van der Waals surface area contributed by atoms with Crippen LogP contribution in [0.5, 0.6) is 0 Å². The van der Waals surface area contributed by atoms with Crippen molar-refractivity contribution < 1.29 is 5.11 Å². The molecule has 0 aliphatic carbocycles. The monoisotopic (exact) mass is 238 g/mol. The Morgan fingerprint density at radius 1 is 1.47 bits per heavy atom. The van der Waals surface area contributed by atoms with Gasteiger partial charge in [-0.05, 0) is 26.2 Å². The minimum atomic E-state index is -0.750. The second kappa shape index (κ2) is 5.31. The largest absolute Gasteiger partial charge is 0.388 e. The van der Waals surface area contributed by atoms with Gasteiger partial charge in [0.1, 0.15) is 18.0 Å². The molecular weight excluding hydrogens is 216 g/mol. The van der Waals surface area contributed by atoms with Crippen LogP contribution in [0.1, 0.15) is 32.8 Å². The molecule has 0 fully saturated rings. The predicted octanol–water partition coefficient (Wildman–Crippen LogP) is 1.58. The summed E-state index contributed by atoms with van der Waals surface area (Å²) in [4.78, 5) is 8.00. The van der Waals surface area contributed by atoms with Gasteiger partial charge in [0.2, 0.25) is 0 Å². The van der Waals surface area contributed by atoms with E-state index < -0.39 is 5.60 Å². The summed E-state index contributed by atoms with van der Waals surface area (Å²) < 4.78 is 0. The highest BCUT2D eigenvalue weighted by Crippen LogP contribution is 2.19. The van der Waals surface area contributed by atoms with Crippen molar-refractivity contribution in [2.45, 2.75) is 39.7 Å². The lowest BCUT2D eigenvalue weighted by Crippen LogP contribution is -2.35. The number of rotatable bonds is 5. The number of nitrogens with zero attached hydrogens (tertiary/aromatic N) is 2. The Labute approximate surface area is 102 Å². The summed E-state index contributed by atoms with van der Waals surface area (Å²) in [5.41, 5.74) is 5.75. The molecular formula is C12H22N4O. The Kier molecular flexibility index (Phi) is 4.28. The van der Waals surface area contributed by atoms with E-state index in [-0.39, 0.29) is 0 Å². The molecule has 1 atom stereocenters. The van der Waals surface area contributed by atoms with Crippen LogP contribution in [0.3, 0.4) is 0 Å². The zero-order valence-corrected chi connectivity index (χ0v) is 11.0. The van der Waals surface area contributed by atoms with Crippen LogP contribution in [0.2, 0.25) is 0 Å². The fraction of sp³-hybridized carbons (Fsp3) is 0.667. The first-order valence-electron chi connectivity index (χ1n) is 5.85. The van der Waals surface area contributed by atoms with E-state index in [2.05, 4.69) is 29.1 Å². The summed E-state index contributed by atoms with van der Waals surface area (Å²) in [6, 6.07) is 0. The van der Waals surface area contributed by atoms with Crippen molar-refractivity contribution in [3.05, 3.63) is 11.9 Å². The molecule has 0 aliphatic heterocycles. The van der Waals surface area contributed by atoms with Gasteiger partial charge < -0.3 is 16.2 Å². The third-order valence-electron chi connectivity index (χ3n) is 2.61. The molecule has 0 saturated carbocycles. The van der Waals surface area contributed by atoms with Crippen LogP contribution in [0.4, 0.5) is 11.6 Å². The predicted molar refractivity (Wildman–Crippen MR) is 69.7 cm³/mol. The molecule has 1 aromatic rings. The SMILES string of the molecule is Cc1c(N)ncnc1NCC(C)(O)CC(C)C. The fourth-order valence-electron chi connectivity index (χ4n) is 1.87. The summed E-state index contributed by atoms with van der Waals surface area (Å²) in [6.45, 7) is 8.29. The third-order valence-corrected chi connectivity index (χ3v) is 2.61. The van der Waals surface area contributed by atoms with Gasteiger partial charge in [-0.2, -0.15) is 0 Å². The molecule has 1 rings (SSSR count). The molecule has 5 heteroatoms. The van der Waals surface area contributed by atoms with Crippen LogP contribution in [0, 0.1) is 12.8 Å². The smallest absolute Gasteiger partial charge is 0.134 e. The van der Waals surface area contributed by atoms with Crippen molar-refractivity contribution >= 4 is 11.6 Å². The van der Waals surface area contributed by atoms with E-state index in [1.165, 1.54) is 6.33 Å². The van der Waals surface area contributed by atoms with Gasteiger partial charge in [0.05, 0.1) is 5.60 Å². The van der Waals surface area contributed by atoms with Crippen molar-refractivity contribution in [1.29, 1.82) is 0 Å². The molecule has 0 saturated heterocycles. The highest BCUT2D eigenvalue weighted by molar-refractivity contribution is 5.53. The number of hydrogen-bond donors (Lipinski definition) is 3. The van der Waals surface area contributed by atoms with Gasteiger partial charge in [0.25, 0.3) is 0 Å². The first-order valence-corrected chi connectivity index (χ1v) is 5.85. The van der Waals surface area contributed by atoms with Gasteiger partial charge in [-0.15, -0.1) is 0 Å². The van der Waals surface area contributed by atoms with Gasteiger partial charge in [-0.25, -0.2) is 9.97 Å². The Hall–Kier alpha value is -1.36. The molecule has 1 heterocycles. The standard InChI is InChI=1S/C12H22N4O/c1-8(2)5-12(4,17)6-14-11-9(3)10(13)15-7-16-11/h7-8,17H,5-6H2,1-4H3,(H3,13,14,15,16). The van der Waals surface area contributed by atoms with Crippen LogP contribution >= 0.6 is 0 Å². The van der Waals surface area contributed by atoms with Gasteiger partial charge in [-0.1, -0.05) is 13.8 Å². The maximum absolute atomic E-state index is 10.2. The first kappa shape index (κ1) is 13.7. The number of nitrogen functional groups attached to an aromatic ring is 1. The molecule has 0 bridgehead atoms. The molecule has 5 nitrogen and oxygen atoms in total. The summed E-state index contributed by atoms with van der Waals surface area (Å²) in [5.74, 6) is 1.59. The lowest BCUT2D eigenvalue weighted by molar-refractivity contribution is 0.0514. The quantitative estimate of drug-likeness (QED) is 0.725. The summed E-state index contributed by atoms with van der Waals surface area (Å²) in [7, 11) is 0. The maximum atomic E-state index is 10.2. The Balaban J connectivity index is 2.64. The summed E-state index contributed by atoms with van der Waals surface area (Å²) in [5, 5.41) is 13.3. The van der Waals surface area contributed by atoms with Crippen LogP contribution in [-0.4, -0.2) is 27.2 Å². The minimum absolute atomic E-state index is 0.447. The molecule has 0 radical (unpaired) electrons. The number of aromatic nitrogens is 2. The molecule has 0 aromatic carbocycles. The molecule has 96 valence electrons. The Morgan fingerprint density at radius 3 is 2.71 bits per heavy atom. The summed E-state index contributed by atoms with van der Waals surface area (Å²) in [6.07, 6.45) is 2.15. The number of hydrogen-bond acceptors (Lipinski definition) is 5. The van der Waals surface area contributed by atoms with Crippen LogP contribution in [0.15, 0.2) is 6.33 Å². The minimum Gasteiger partial charge on any atom is -0.388 e. The number of nitrogens with two attached hydrogens (primary N) is 1. The molecule has 17 heavy (non-hydrogen) atoms. The van der Waals surface area contributed by atoms with E-state index in [0.717, 1.165) is 12.0 Å². The van der Waals surface area contributed by atoms with E-state index in [4.69, 9.17) is 5.73 Å². The average molecular weight is 238 g/mol. The zero-order valence-electron chi connectivity index (χ0n) is 11.0. The molecule has 0 amide bonds. The zero-order chi connectivity index (χ0) is 13.1. The lowest BCUT2D eigenvalue weighted by atomic mass is 9.94. The lowest BCUT2D eigenvalue weighted by Gasteiger charge is -2.26. The molecule has 4 N–H and O–H groups in total. The normalized spacial score (nSPS) is 14.7. The van der Waals surface area contributed by atoms with Crippen molar-refractivity contribution in [2.75, 3.05) is 17.6 Å². The number of nitrogens with one attached hydrogen (secondary N) is 1. The van der Waals surface area contributed by atoms with Crippen LogP contribution in [0.25, 0.3) is 0 Å². The van der Waals surface area contributed by atoms with E-state index in [1.54, 1.807) is 0 Å². The second-order valence-electron chi connectivity index (χ2n) is 5.18. The molecule has 1 unspecified atom stereocenters. The Morgan fingerprint density at radius 2 is 2.12 bits per heavy atom.